The molecule has 0 aliphatic heterocycles. The number of imidazole rings is 1. The van der Waals surface area contributed by atoms with Gasteiger partial charge in [-0.3, -0.25) is 4.79 Å². The number of rotatable bonds is 5. The van der Waals surface area contributed by atoms with E-state index in [2.05, 4.69) is 20.3 Å². The van der Waals surface area contributed by atoms with Crippen molar-refractivity contribution in [2.75, 3.05) is 5.32 Å². The monoisotopic (exact) mass is 343 g/mol. The molecule has 0 atom stereocenters. The number of nitrogens with zero attached hydrogens (tertiary/aromatic N) is 4. The van der Waals surface area contributed by atoms with Crippen LogP contribution < -0.4 is 5.32 Å². The van der Waals surface area contributed by atoms with Gasteiger partial charge in [-0.2, -0.15) is 9.97 Å². The molecule has 0 radical (unpaired) electrons. The molecule has 0 saturated heterocycles. The third-order valence-corrected chi connectivity index (χ3v) is 3.43. The lowest BCUT2D eigenvalue weighted by Gasteiger charge is -2.07. The van der Waals surface area contributed by atoms with E-state index in [1.807, 2.05) is 0 Å². The highest BCUT2D eigenvalue weighted by molar-refractivity contribution is 5.92. The third kappa shape index (κ3) is 3.47. The summed E-state index contributed by atoms with van der Waals surface area (Å²) in [5.74, 6) is -1.78. The molecular weight excluding hydrogens is 330 g/mol. The number of aromatic hydroxyl groups is 2. The molecule has 2 aromatic heterocycles. The van der Waals surface area contributed by atoms with Gasteiger partial charge in [-0.15, -0.1) is 0 Å². The lowest BCUT2D eigenvalue weighted by Crippen LogP contribution is -2.14. The van der Waals surface area contributed by atoms with Gasteiger partial charge in [0.05, 0.1) is 11.9 Å². The molecule has 128 valence electrons. The van der Waals surface area contributed by atoms with Gasteiger partial charge in [-0.25, -0.2) is 9.78 Å². The molecule has 1 aromatic carbocycles. The second-order valence-electron chi connectivity index (χ2n) is 5.14. The molecule has 2 heterocycles. The number of aryl methyl sites for hydroxylation is 1. The van der Waals surface area contributed by atoms with Crippen molar-refractivity contribution in [3.63, 3.8) is 0 Å². The predicted octanol–water partition coefficient (Wildman–Crippen LogP) is 0.964. The molecule has 3 rings (SSSR count). The van der Waals surface area contributed by atoms with Gasteiger partial charge < -0.3 is 25.2 Å². The van der Waals surface area contributed by atoms with E-state index in [9.17, 15) is 19.8 Å². The van der Waals surface area contributed by atoms with E-state index in [4.69, 9.17) is 5.11 Å². The minimum absolute atomic E-state index is 0.0810. The first-order chi connectivity index (χ1) is 11.9. The van der Waals surface area contributed by atoms with Crippen LogP contribution >= 0.6 is 0 Å². The fourth-order valence-corrected chi connectivity index (χ4v) is 2.22. The summed E-state index contributed by atoms with van der Waals surface area (Å²) < 4.78 is 1.50. The fraction of sp³-hybridized carbons (Fsp3) is 0.133. The molecule has 10 nitrogen and oxygen atoms in total. The minimum atomic E-state index is -1.04. The molecule has 0 fully saturated rings. The molecule has 0 aliphatic rings. The highest BCUT2D eigenvalue weighted by Gasteiger charge is 2.13. The molecule has 4 N–H and O–H groups in total. The van der Waals surface area contributed by atoms with E-state index < -0.39 is 17.9 Å². The van der Waals surface area contributed by atoms with Crippen molar-refractivity contribution >= 4 is 28.7 Å². The summed E-state index contributed by atoms with van der Waals surface area (Å²) >= 11 is 0. The number of carbonyl (C=O) groups is 2. The van der Waals surface area contributed by atoms with Crippen molar-refractivity contribution in [3.8, 4) is 11.9 Å². The maximum absolute atomic E-state index is 12.0. The smallest absolute Gasteiger partial charge is 0.335 e. The molecule has 1 amide bonds. The normalized spacial score (nSPS) is 10.7. The Hall–Kier alpha value is -3.69. The topological polar surface area (TPSA) is 150 Å². The highest BCUT2D eigenvalue weighted by atomic mass is 16.4. The number of benzene rings is 1. The molecule has 0 unspecified atom stereocenters. The Balaban J connectivity index is 1.65. The Morgan fingerprint density at radius 2 is 1.84 bits per heavy atom. The number of hydrogen-bond acceptors (Lipinski definition) is 7. The summed E-state index contributed by atoms with van der Waals surface area (Å²) in [4.78, 5) is 33.9. The average Bonchev–Trinajstić information content (AvgIpc) is 2.96. The minimum Gasteiger partial charge on any atom is -0.492 e. The summed E-state index contributed by atoms with van der Waals surface area (Å²) in [6.07, 6.45) is 1.46. The zero-order valence-corrected chi connectivity index (χ0v) is 12.7. The number of amides is 1. The molecule has 0 spiro atoms. The van der Waals surface area contributed by atoms with Crippen LogP contribution in [0.5, 0.6) is 11.9 Å². The van der Waals surface area contributed by atoms with Crippen molar-refractivity contribution in [3.05, 3.63) is 36.2 Å². The van der Waals surface area contributed by atoms with Gasteiger partial charge in [-0.05, 0) is 24.3 Å². The van der Waals surface area contributed by atoms with Crippen LogP contribution in [0.1, 0.15) is 16.8 Å². The summed E-state index contributed by atoms with van der Waals surface area (Å²) in [5, 5.41) is 30.4. The Bertz CT molecular complexity index is 951. The second-order valence-corrected chi connectivity index (χ2v) is 5.14. The summed E-state index contributed by atoms with van der Waals surface area (Å²) in [5.41, 5.74) is 0.941. The first kappa shape index (κ1) is 16.2. The van der Waals surface area contributed by atoms with Gasteiger partial charge in [0.15, 0.2) is 11.2 Å². The molecular formula is C15H13N5O5. The van der Waals surface area contributed by atoms with E-state index in [-0.39, 0.29) is 35.6 Å². The molecule has 25 heavy (non-hydrogen) atoms. The summed E-state index contributed by atoms with van der Waals surface area (Å²) in [6.45, 7) is 0.214. The fourth-order valence-electron chi connectivity index (χ4n) is 2.22. The highest BCUT2D eigenvalue weighted by Crippen LogP contribution is 2.21. The van der Waals surface area contributed by atoms with E-state index in [0.29, 0.717) is 5.69 Å². The van der Waals surface area contributed by atoms with Crippen LogP contribution in [0.3, 0.4) is 0 Å². The van der Waals surface area contributed by atoms with Gasteiger partial charge >= 0.3 is 12.0 Å². The average molecular weight is 343 g/mol. The van der Waals surface area contributed by atoms with Crippen LogP contribution in [-0.2, 0) is 11.3 Å². The first-order valence-corrected chi connectivity index (χ1v) is 7.18. The second kappa shape index (κ2) is 6.43. The van der Waals surface area contributed by atoms with Crippen LogP contribution in [0, 0.1) is 0 Å². The lowest BCUT2D eigenvalue weighted by atomic mass is 10.2. The Labute approximate surface area is 140 Å². The SMILES string of the molecule is O=C(CCn1cnc2c(O)nc(O)nc21)Nc1ccc(C(=O)O)cc1. The molecule has 0 bridgehead atoms. The number of nitrogens with one attached hydrogen (secondary N) is 1. The van der Waals surface area contributed by atoms with Crippen LogP contribution in [0.2, 0.25) is 0 Å². The van der Waals surface area contributed by atoms with Crippen LogP contribution in [-0.4, -0.2) is 46.7 Å². The van der Waals surface area contributed by atoms with E-state index in [1.165, 1.54) is 35.2 Å². The Morgan fingerprint density at radius 1 is 1.12 bits per heavy atom. The zero-order chi connectivity index (χ0) is 18.0. The standard InChI is InChI=1S/C15H13N5O5/c21-10(17-9-3-1-8(2-4-9)14(23)24)5-6-20-7-16-11-12(20)18-15(25)19-13(11)22/h1-4,7H,5-6H2,(H,17,21)(H,23,24)(H2,18,19,22,25). The van der Waals surface area contributed by atoms with Gasteiger partial charge in [0.1, 0.15) is 0 Å². The van der Waals surface area contributed by atoms with Gasteiger partial charge in [0.2, 0.25) is 11.8 Å². The van der Waals surface area contributed by atoms with Gasteiger partial charge in [-0.1, -0.05) is 0 Å². The third-order valence-electron chi connectivity index (χ3n) is 3.43. The maximum atomic E-state index is 12.0. The van der Waals surface area contributed by atoms with Gasteiger partial charge in [0.25, 0.3) is 0 Å². The number of carboxylic acids is 1. The van der Waals surface area contributed by atoms with E-state index in [0.717, 1.165) is 0 Å². The van der Waals surface area contributed by atoms with Crippen LogP contribution in [0.25, 0.3) is 11.2 Å². The predicted molar refractivity (Wildman–Crippen MR) is 85.3 cm³/mol. The maximum Gasteiger partial charge on any atom is 0.335 e. The quantitative estimate of drug-likeness (QED) is 0.535. The largest absolute Gasteiger partial charge is 0.492 e. The first-order valence-electron chi connectivity index (χ1n) is 7.18. The van der Waals surface area contributed by atoms with Crippen molar-refractivity contribution in [2.45, 2.75) is 13.0 Å². The molecule has 3 aromatic rings. The number of hydrogen-bond donors (Lipinski definition) is 4. The van der Waals surface area contributed by atoms with Gasteiger partial charge in [0, 0.05) is 18.7 Å². The number of carbonyl (C=O) groups excluding carboxylic acids is 1. The Kier molecular flexibility index (Phi) is 4.16. The number of fused-ring (bicyclic) bond motifs is 1. The van der Waals surface area contributed by atoms with E-state index in [1.54, 1.807) is 0 Å². The van der Waals surface area contributed by atoms with E-state index >= 15 is 0 Å². The number of carboxylic acid groups (broad SMARTS) is 1. The molecule has 0 saturated carbocycles. The van der Waals surface area contributed by atoms with Crippen LogP contribution in [0.4, 0.5) is 5.69 Å². The number of anilines is 1. The van der Waals surface area contributed by atoms with Crippen molar-refractivity contribution in [1.29, 1.82) is 0 Å². The summed E-state index contributed by atoms with van der Waals surface area (Å²) in [7, 11) is 0. The Morgan fingerprint density at radius 3 is 2.52 bits per heavy atom. The summed E-state index contributed by atoms with van der Waals surface area (Å²) in [6, 6.07) is 5.19. The number of aromatic carboxylic acids is 1. The van der Waals surface area contributed by atoms with Crippen molar-refractivity contribution < 1.29 is 24.9 Å². The van der Waals surface area contributed by atoms with Crippen LogP contribution in [0.15, 0.2) is 30.6 Å². The molecule has 0 aliphatic carbocycles. The zero-order valence-electron chi connectivity index (χ0n) is 12.7. The van der Waals surface area contributed by atoms with Crippen molar-refractivity contribution in [2.24, 2.45) is 0 Å². The molecule has 10 heteroatoms. The number of aromatic nitrogens is 4. The lowest BCUT2D eigenvalue weighted by molar-refractivity contribution is -0.116. The van der Waals surface area contributed by atoms with Crippen molar-refractivity contribution in [1.82, 2.24) is 19.5 Å².